The van der Waals surface area contributed by atoms with Crippen LogP contribution < -0.4 is 5.32 Å². The van der Waals surface area contributed by atoms with Crippen LogP contribution in [0.25, 0.3) is 0 Å². The fourth-order valence-electron chi connectivity index (χ4n) is 1.62. The van der Waals surface area contributed by atoms with Gasteiger partial charge in [-0.25, -0.2) is 12.8 Å². The van der Waals surface area contributed by atoms with Crippen LogP contribution in [-0.2, 0) is 13.8 Å². The van der Waals surface area contributed by atoms with Crippen molar-refractivity contribution in [2.24, 2.45) is 0 Å². The number of amides is 1. The first-order chi connectivity index (χ1) is 9.70. The molecule has 0 saturated carbocycles. The van der Waals surface area contributed by atoms with Crippen molar-refractivity contribution in [3.8, 4) is 0 Å². The number of rotatable bonds is 6. The number of hydrogen-bond donors (Lipinski definition) is 1. The molecule has 0 heterocycles. The molecule has 0 saturated heterocycles. The second kappa shape index (κ2) is 7.53. The van der Waals surface area contributed by atoms with E-state index in [4.69, 9.17) is 15.4 Å². The molecule has 1 N–H and O–H groups in total. The Labute approximate surface area is 135 Å². The van der Waals surface area contributed by atoms with Gasteiger partial charge in [0.05, 0.1) is 23.1 Å². The smallest absolute Gasteiger partial charge is 0.262 e. The van der Waals surface area contributed by atoms with Crippen LogP contribution in [0.2, 0.25) is 0 Å². The molecule has 1 aromatic rings. The highest BCUT2D eigenvalue weighted by Crippen LogP contribution is 2.28. The van der Waals surface area contributed by atoms with Crippen molar-refractivity contribution in [1.82, 2.24) is 5.32 Å². The normalized spacial score (nSPS) is 13.0. The van der Waals surface area contributed by atoms with Gasteiger partial charge < -0.3 is 10.1 Å². The van der Waals surface area contributed by atoms with E-state index >= 15 is 0 Å². The molecule has 5 nitrogen and oxygen atoms in total. The van der Waals surface area contributed by atoms with Gasteiger partial charge in [0.25, 0.3) is 15.0 Å². The van der Waals surface area contributed by atoms with Crippen LogP contribution in [0.5, 0.6) is 0 Å². The maximum Gasteiger partial charge on any atom is 0.262 e. The molecule has 0 aromatic heterocycles. The molecule has 0 radical (unpaired) electrons. The summed E-state index contributed by atoms with van der Waals surface area (Å²) >= 11 is 2.90. The van der Waals surface area contributed by atoms with Gasteiger partial charge in [0.1, 0.15) is 5.82 Å². The van der Waals surface area contributed by atoms with E-state index in [0.717, 1.165) is 12.1 Å². The van der Waals surface area contributed by atoms with Crippen LogP contribution in [0.3, 0.4) is 0 Å². The molecule has 0 fully saturated rings. The Balaban J connectivity index is 3.15. The van der Waals surface area contributed by atoms with Crippen molar-refractivity contribution < 1.29 is 22.3 Å². The van der Waals surface area contributed by atoms with Gasteiger partial charge in [-0.1, -0.05) is 6.92 Å². The van der Waals surface area contributed by atoms with Gasteiger partial charge in [0.15, 0.2) is 0 Å². The van der Waals surface area contributed by atoms with Gasteiger partial charge in [-0.05, 0) is 34.5 Å². The van der Waals surface area contributed by atoms with Crippen molar-refractivity contribution in [3.63, 3.8) is 0 Å². The first-order valence-electron chi connectivity index (χ1n) is 5.94. The van der Waals surface area contributed by atoms with E-state index in [2.05, 4.69) is 21.2 Å². The molecule has 1 amide bonds. The molecular weight excluding hydrogens is 389 g/mol. The predicted octanol–water partition coefficient (Wildman–Crippen LogP) is 2.67. The molecule has 1 rings (SSSR count). The third kappa shape index (κ3) is 4.91. The topological polar surface area (TPSA) is 72.5 Å². The molecule has 0 aliphatic carbocycles. The monoisotopic (exact) mass is 401 g/mol. The highest BCUT2D eigenvalue weighted by molar-refractivity contribution is 9.10. The van der Waals surface area contributed by atoms with Crippen LogP contribution in [0.15, 0.2) is 21.5 Å². The molecule has 1 atom stereocenters. The third-order valence-corrected chi connectivity index (χ3v) is 5.01. The first-order valence-corrected chi connectivity index (χ1v) is 9.04. The molecule has 1 aromatic carbocycles. The molecular formula is C12H14BrClFNO4S. The Hall–Kier alpha value is -0.700. The van der Waals surface area contributed by atoms with E-state index in [1.165, 1.54) is 7.11 Å². The van der Waals surface area contributed by atoms with Gasteiger partial charge >= 0.3 is 0 Å². The summed E-state index contributed by atoms with van der Waals surface area (Å²) < 4.78 is 41.5. The van der Waals surface area contributed by atoms with Crippen LogP contribution in [0.1, 0.15) is 23.7 Å². The molecule has 1 unspecified atom stereocenters. The fraction of sp³-hybridized carbons (Fsp3) is 0.417. The zero-order valence-electron chi connectivity index (χ0n) is 11.3. The summed E-state index contributed by atoms with van der Waals surface area (Å²) in [6, 6.07) is 1.49. The van der Waals surface area contributed by atoms with Crippen LogP contribution in [-0.4, -0.2) is 34.1 Å². The van der Waals surface area contributed by atoms with Crippen molar-refractivity contribution in [3.05, 3.63) is 28.0 Å². The van der Waals surface area contributed by atoms with E-state index < -0.39 is 26.3 Å². The van der Waals surface area contributed by atoms with Crippen molar-refractivity contribution in [2.75, 3.05) is 13.7 Å². The van der Waals surface area contributed by atoms with Crippen molar-refractivity contribution in [2.45, 2.75) is 24.3 Å². The number of halogens is 3. The zero-order chi connectivity index (χ0) is 16.2. The van der Waals surface area contributed by atoms with Gasteiger partial charge in [0.2, 0.25) is 0 Å². The minimum absolute atomic E-state index is 0.0458. The summed E-state index contributed by atoms with van der Waals surface area (Å²) in [5, 5.41) is 2.57. The van der Waals surface area contributed by atoms with Gasteiger partial charge in [-0.15, -0.1) is 0 Å². The number of carbonyl (C=O) groups is 1. The Morgan fingerprint density at radius 3 is 2.62 bits per heavy atom. The lowest BCUT2D eigenvalue weighted by Gasteiger charge is -2.16. The van der Waals surface area contributed by atoms with Crippen LogP contribution in [0, 0.1) is 5.82 Å². The molecule has 9 heteroatoms. The maximum absolute atomic E-state index is 13.8. The number of benzene rings is 1. The van der Waals surface area contributed by atoms with E-state index in [9.17, 15) is 17.6 Å². The number of methoxy groups -OCH3 is 1. The molecule has 0 aliphatic heterocycles. The van der Waals surface area contributed by atoms with E-state index in [-0.39, 0.29) is 22.0 Å². The van der Waals surface area contributed by atoms with E-state index in [1.807, 2.05) is 6.92 Å². The fourth-order valence-corrected chi connectivity index (χ4v) is 3.78. The SMILES string of the molecule is CCC(COC)NC(=O)c1cc(S(=O)(=O)Cl)c(Br)cc1F. The van der Waals surface area contributed by atoms with Gasteiger partial charge in [-0.2, -0.15) is 0 Å². The Morgan fingerprint density at radius 2 is 2.14 bits per heavy atom. The second-order valence-corrected chi connectivity index (χ2v) is 7.62. The minimum Gasteiger partial charge on any atom is -0.383 e. The molecule has 0 aliphatic rings. The second-order valence-electron chi connectivity index (χ2n) is 4.23. The summed E-state index contributed by atoms with van der Waals surface area (Å²) in [5.41, 5.74) is -0.396. The van der Waals surface area contributed by atoms with Crippen LogP contribution >= 0.6 is 26.6 Å². The van der Waals surface area contributed by atoms with Crippen LogP contribution in [0.4, 0.5) is 4.39 Å². The van der Waals surface area contributed by atoms with Gasteiger partial charge in [0, 0.05) is 22.3 Å². The number of hydrogen-bond acceptors (Lipinski definition) is 4. The average Bonchev–Trinajstić information content (AvgIpc) is 2.36. The first kappa shape index (κ1) is 18.3. The third-order valence-electron chi connectivity index (χ3n) is 2.72. The summed E-state index contributed by atoms with van der Waals surface area (Å²) in [7, 11) is 2.63. The lowest BCUT2D eigenvalue weighted by atomic mass is 10.1. The predicted molar refractivity (Wildman–Crippen MR) is 80.6 cm³/mol. The maximum atomic E-state index is 13.8. The molecule has 0 bridgehead atoms. The average molecular weight is 403 g/mol. The largest absolute Gasteiger partial charge is 0.383 e. The zero-order valence-corrected chi connectivity index (χ0v) is 14.5. The summed E-state index contributed by atoms with van der Waals surface area (Å²) in [6.45, 7) is 2.09. The quantitative estimate of drug-likeness (QED) is 0.743. The Kier molecular flexibility index (Phi) is 6.58. The Bertz CT molecular complexity index is 638. The van der Waals surface area contributed by atoms with E-state index in [1.54, 1.807) is 0 Å². The standard InChI is InChI=1S/C12H14BrClFNO4S/c1-3-7(6-20-2)16-12(17)8-4-11(21(14,18)19)9(13)5-10(8)15/h4-5,7H,3,6H2,1-2H3,(H,16,17). The number of ether oxygens (including phenoxy) is 1. The number of carbonyl (C=O) groups excluding carboxylic acids is 1. The summed E-state index contributed by atoms with van der Waals surface area (Å²) in [5.74, 6) is -1.58. The lowest BCUT2D eigenvalue weighted by molar-refractivity contribution is 0.0890. The van der Waals surface area contributed by atoms with E-state index in [0.29, 0.717) is 6.42 Å². The van der Waals surface area contributed by atoms with Crippen molar-refractivity contribution in [1.29, 1.82) is 0 Å². The van der Waals surface area contributed by atoms with Gasteiger partial charge in [-0.3, -0.25) is 4.79 Å². The minimum atomic E-state index is -4.10. The lowest BCUT2D eigenvalue weighted by Crippen LogP contribution is -2.38. The molecule has 21 heavy (non-hydrogen) atoms. The van der Waals surface area contributed by atoms with Crippen molar-refractivity contribution >= 4 is 41.6 Å². The highest BCUT2D eigenvalue weighted by Gasteiger charge is 2.22. The Morgan fingerprint density at radius 1 is 1.52 bits per heavy atom. The highest BCUT2D eigenvalue weighted by atomic mass is 79.9. The summed E-state index contributed by atoms with van der Waals surface area (Å²) in [6.07, 6.45) is 0.582. The summed E-state index contributed by atoms with van der Waals surface area (Å²) in [4.78, 5) is 11.7. The molecule has 0 spiro atoms. The number of nitrogens with one attached hydrogen (secondary N) is 1. The molecule has 118 valence electrons.